The molecular formula is C20H18F2N4O. The zero-order valence-electron chi connectivity index (χ0n) is 14.3. The van der Waals surface area contributed by atoms with E-state index in [1.807, 2.05) is 24.3 Å². The van der Waals surface area contributed by atoms with Crippen LogP contribution in [0.25, 0.3) is 11.1 Å². The number of ether oxygens (including phenoxy) is 1. The molecule has 0 bridgehead atoms. The molecule has 0 aliphatic heterocycles. The molecule has 0 amide bonds. The number of alkyl halides is 1. The molecule has 5 nitrogen and oxygen atoms in total. The van der Waals surface area contributed by atoms with E-state index in [-0.39, 0.29) is 5.69 Å². The van der Waals surface area contributed by atoms with Crippen LogP contribution in [0.15, 0.2) is 77.9 Å². The number of nitrogens with zero attached hydrogens (tertiary/aromatic N) is 1. The number of halogens is 2. The summed E-state index contributed by atoms with van der Waals surface area (Å²) in [7, 11) is 0. The lowest BCUT2D eigenvalue weighted by atomic mass is 9.98. The summed E-state index contributed by atoms with van der Waals surface area (Å²) in [6.45, 7) is -0.946. The van der Waals surface area contributed by atoms with Crippen LogP contribution in [0.3, 0.4) is 0 Å². The Bertz CT molecular complexity index is 947. The van der Waals surface area contributed by atoms with E-state index in [9.17, 15) is 8.78 Å². The fourth-order valence-electron chi connectivity index (χ4n) is 2.71. The molecule has 0 saturated carbocycles. The van der Waals surface area contributed by atoms with Gasteiger partial charge in [-0.1, -0.05) is 54.6 Å². The van der Waals surface area contributed by atoms with Crippen molar-refractivity contribution in [3.05, 3.63) is 84.2 Å². The molecule has 0 aromatic heterocycles. The molecular weight excluding hydrogens is 350 g/mol. The van der Waals surface area contributed by atoms with Crippen LogP contribution in [0.1, 0.15) is 5.56 Å². The molecule has 0 spiro atoms. The summed E-state index contributed by atoms with van der Waals surface area (Å²) >= 11 is 0. The Morgan fingerprint density at radius 3 is 2.33 bits per heavy atom. The molecule has 27 heavy (non-hydrogen) atoms. The van der Waals surface area contributed by atoms with E-state index in [2.05, 4.69) is 16.0 Å². The van der Waals surface area contributed by atoms with Gasteiger partial charge in [0.05, 0.1) is 5.69 Å². The van der Waals surface area contributed by atoms with E-state index in [1.54, 1.807) is 42.5 Å². The minimum atomic E-state index is -0.946. The van der Waals surface area contributed by atoms with Crippen LogP contribution in [0.5, 0.6) is 5.75 Å². The van der Waals surface area contributed by atoms with Crippen molar-refractivity contribution in [1.82, 2.24) is 5.53 Å². The normalized spacial score (nSPS) is 11.1. The lowest BCUT2D eigenvalue weighted by Crippen LogP contribution is -2.23. The number of hydrazine groups is 1. The summed E-state index contributed by atoms with van der Waals surface area (Å²) in [5, 5.41) is 6.99. The van der Waals surface area contributed by atoms with Gasteiger partial charge in [0.2, 0.25) is 6.86 Å². The molecule has 3 rings (SSSR count). The Morgan fingerprint density at radius 1 is 0.926 bits per heavy atom. The molecule has 3 aromatic carbocycles. The average Bonchev–Trinajstić information content (AvgIpc) is 2.70. The highest BCUT2D eigenvalue weighted by Gasteiger charge is 2.15. The highest BCUT2D eigenvalue weighted by molar-refractivity contribution is 6.12. The van der Waals surface area contributed by atoms with E-state index >= 15 is 0 Å². The summed E-state index contributed by atoms with van der Waals surface area (Å²) in [5.41, 5.74) is 4.51. The van der Waals surface area contributed by atoms with E-state index < -0.39 is 12.7 Å². The van der Waals surface area contributed by atoms with Crippen LogP contribution < -0.4 is 21.4 Å². The minimum absolute atomic E-state index is 0.245. The molecule has 0 atom stereocenters. The second kappa shape index (κ2) is 8.77. The van der Waals surface area contributed by atoms with Gasteiger partial charge in [-0.05, 0) is 23.8 Å². The highest BCUT2D eigenvalue weighted by atomic mass is 19.1. The molecule has 138 valence electrons. The number of rotatable bonds is 6. The number of nitrogens with one attached hydrogen (secondary N) is 2. The minimum Gasteiger partial charge on any atom is -0.462 e. The molecule has 4 N–H and O–H groups in total. The summed E-state index contributed by atoms with van der Waals surface area (Å²) < 4.78 is 31.9. The highest BCUT2D eigenvalue weighted by Crippen LogP contribution is 2.33. The van der Waals surface area contributed by atoms with Crippen molar-refractivity contribution >= 4 is 11.5 Å². The summed E-state index contributed by atoms with van der Waals surface area (Å²) in [5.74, 6) is 5.64. The van der Waals surface area contributed by atoms with Crippen molar-refractivity contribution in [3.8, 4) is 16.9 Å². The second-order valence-electron chi connectivity index (χ2n) is 5.49. The van der Waals surface area contributed by atoms with Crippen molar-refractivity contribution < 1.29 is 13.5 Å². The Kier molecular flexibility index (Phi) is 5.96. The first-order chi connectivity index (χ1) is 13.2. The molecule has 0 aliphatic rings. The third kappa shape index (κ3) is 4.21. The quantitative estimate of drug-likeness (QED) is 0.266. The Labute approximate surface area is 155 Å². The lowest BCUT2D eigenvalue weighted by Gasteiger charge is -2.16. The van der Waals surface area contributed by atoms with Gasteiger partial charge in [-0.25, -0.2) is 20.2 Å². The molecule has 7 heteroatoms. The van der Waals surface area contributed by atoms with Crippen LogP contribution in [0, 0.1) is 5.82 Å². The van der Waals surface area contributed by atoms with E-state index in [4.69, 9.17) is 10.6 Å². The fraction of sp³-hybridized carbons (Fsp3) is 0.0500. The Hall–Kier alpha value is -3.45. The number of para-hydroxylation sites is 2. The predicted molar refractivity (Wildman–Crippen MR) is 102 cm³/mol. The number of hydrazone groups is 1. The summed E-state index contributed by atoms with van der Waals surface area (Å²) in [6, 6.07) is 20.6. The molecule has 3 aromatic rings. The van der Waals surface area contributed by atoms with Gasteiger partial charge < -0.3 is 10.1 Å². The van der Waals surface area contributed by atoms with Gasteiger partial charge in [0.15, 0.2) is 5.84 Å². The standard InChI is InChI=1S/C20H18F2N4O/c21-13-27-19-12-6-3-8-15(19)14-7-1-2-9-16(14)20(25-26-23)24-18-11-5-4-10-17(18)22/h1-12,26H,13,23H2,(H,24,25). The van der Waals surface area contributed by atoms with Crippen LogP contribution in [-0.4, -0.2) is 12.7 Å². The smallest absolute Gasteiger partial charge is 0.228 e. The molecule has 0 heterocycles. The molecule has 0 fully saturated rings. The average molecular weight is 368 g/mol. The number of amidine groups is 1. The van der Waals surface area contributed by atoms with E-state index in [1.165, 1.54) is 6.07 Å². The monoisotopic (exact) mass is 368 g/mol. The molecule has 0 aliphatic carbocycles. The maximum atomic E-state index is 14.1. The third-order valence-corrected chi connectivity index (χ3v) is 3.87. The van der Waals surface area contributed by atoms with Gasteiger partial charge in [0, 0.05) is 11.1 Å². The first-order valence-electron chi connectivity index (χ1n) is 8.17. The van der Waals surface area contributed by atoms with E-state index in [0.717, 1.165) is 5.56 Å². The zero-order valence-corrected chi connectivity index (χ0v) is 14.3. The summed E-state index contributed by atoms with van der Waals surface area (Å²) in [4.78, 5) is 0. The van der Waals surface area contributed by atoms with Crippen molar-refractivity contribution in [2.24, 2.45) is 10.9 Å². The lowest BCUT2D eigenvalue weighted by molar-refractivity contribution is 0.192. The van der Waals surface area contributed by atoms with E-state index in [0.29, 0.717) is 22.7 Å². The topological polar surface area (TPSA) is 71.7 Å². The van der Waals surface area contributed by atoms with Crippen LogP contribution in [-0.2, 0) is 0 Å². The van der Waals surface area contributed by atoms with Gasteiger partial charge in [-0.2, -0.15) is 0 Å². The predicted octanol–water partition coefficient (Wildman–Crippen LogP) is 4.04. The maximum absolute atomic E-state index is 14.1. The van der Waals surface area contributed by atoms with Gasteiger partial charge in [-0.15, -0.1) is 5.10 Å². The van der Waals surface area contributed by atoms with Gasteiger partial charge in [-0.3, -0.25) is 0 Å². The zero-order chi connectivity index (χ0) is 19.1. The molecule has 0 unspecified atom stereocenters. The molecule has 0 saturated heterocycles. The SMILES string of the molecule is NN/N=C(\Nc1ccccc1F)c1ccccc1-c1ccccc1OCF. The number of nitrogens with two attached hydrogens (primary N) is 1. The number of hydrogen-bond donors (Lipinski definition) is 3. The van der Waals surface area contributed by atoms with Crippen molar-refractivity contribution in [3.63, 3.8) is 0 Å². The first kappa shape index (κ1) is 18.3. The van der Waals surface area contributed by atoms with Gasteiger partial charge >= 0.3 is 0 Å². The number of hydrogen-bond acceptors (Lipinski definition) is 4. The second-order valence-corrected chi connectivity index (χ2v) is 5.49. The van der Waals surface area contributed by atoms with Gasteiger partial charge in [0.25, 0.3) is 0 Å². The first-order valence-corrected chi connectivity index (χ1v) is 8.17. The van der Waals surface area contributed by atoms with Crippen molar-refractivity contribution in [2.45, 2.75) is 0 Å². The van der Waals surface area contributed by atoms with Crippen molar-refractivity contribution in [2.75, 3.05) is 12.2 Å². The number of benzene rings is 3. The van der Waals surface area contributed by atoms with Gasteiger partial charge in [0.1, 0.15) is 11.6 Å². The van der Waals surface area contributed by atoms with Crippen molar-refractivity contribution in [1.29, 1.82) is 0 Å². The van der Waals surface area contributed by atoms with Crippen LogP contribution in [0.4, 0.5) is 14.5 Å². The number of anilines is 1. The van der Waals surface area contributed by atoms with Crippen LogP contribution in [0.2, 0.25) is 0 Å². The Balaban J connectivity index is 2.08. The Morgan fingerprint density at radius 2 is 1.59 bits per heavy atom. The third-order valence-electron chi connectivity index (χ3n) is 3.87. The molecule has 0 radical (unpaired) electrons. The maximum Gasteiger partial charge on any atom is 0.228 e. The largest absolute Gasteiger partial charge is 0.462 e. The van der Waals surface area contributed by atoms with Crippen LogP contribution >= 0.6 is 0 Å². The summed E-state index contributed by atoms with van der Waals surface area (Å²) in [6.07, 6.45) is 0. The fourth-order valence-corrected chi connectivity index (χ4v) is 2.71.